The molecule has 0 saturated carbocycles. The van der Waals surface area contributed by atoms with E-state index < -0.39 is 10.0 Å². The summed E-state index contributed by atoms with van der Waals surface area (Å²) < 4.78 is 28.8. The van der Waals surface area contributed by atoms with Gasteiger partial charge in [-0.2, -0.15) is 4.31 Å². The third-order valence-electron chi connectivity index (χ3n) is 5.76. The van der Waals surface area contributed by atoms with Crippen molar-refractivity contribution >= 4 is 42.6 Å². The number of amides is 1. The number of carbonyl (C=O) groups excluding carboxylic acids is 1. The van der Waals surface area contributed by atoms with Crippen molar-refractivity contribution in [2.75, 3.05) is 45.2 Å². The number of aromatic nitrogens is 1. The predicted molar refractivity (Wildman–Crippen MR) is 145 cm³/mol. The molecule has 0 saturated heterocycles. The van der Waals surface area contributed by atoms with Crippen molar-refractivity contribution in [3.8, 4) is 0 Å². The number of para-hydroxylation sites is 1. The van der Waals surface area contributed by atoms with Gasteiger partial charge < -0.3 is 4.90 Å². The summed E-state index contributed by atoms with van der Waals surface area (Å²) in [5.74, 6) is -0.177. The Balaban J connectivity index is 1.91. The van der Waals surface area contributed by atoms with E-state index in [2.05, 4.69) is 4.90 Å². The zero-order valence-corrected chi connectivity index (χ0v) is 23.0. The summed E-state index contributed by atoms with van der Waals surface area (Å²) in [5, 5.41) is 0.659. The molecular formula is C26H36N4O3S2. The second-order valence-corrected chi connectivity index (χ2v) is 11.9. The Morgan fingerprint density at radius 1 is 0.943 bits per heavy atom. The highest BCUT2D eigenvalue weighted by Gasteiger charge is 2.25. The minimum absolute atomic E-state index is 0.177. The Morgan fingerprint density at radius 3 is 2.17 bits per heavy atom. The minimum Gasteiger partial charge on any atom is -0.309 e. The molecule has 7 nitrogen and oxygen atoms in total. The number of fused-ring (bicyclic) bond motifs is 1. The molecule has 0 atom stereocenters. The average molecular weight is 517 g/mol. The largest absolute Gasteiger partial charge is 0.309 e. The summed E-state index contributed by atoms with van der Waals surface area (Å²) in [7, 11) is 0.420. The Bertz CT molecular complexity index is 1230. The van der Waals surface area contributed by atoms with Crippen molar-refractivity contribution in [3.05, 3.63) is 53.6 Å². The topological polar surface area (TPSA) is 73.8 Å². The van der Waals surface area contributed by atoms with E-state index in [1.807, 2.05) is 53.1 Å². The molecule has 0 N–H and O–H groups in total. The van der Waals surface area contributed by atoms with Gasteiger partial charge in [-0.25, -0.2) is 13.4 Å². The SMILES string of the molecule is CCCN(CCC)S(=O)(=O)c1ccc(C(=O)N(CCCN(C)C)c2nc3c(C)cccc3s2)cc1. The summed E-state index contributed by atoms with van der Waals surface area (Å²) in [6.45, 7) is 8.28. The molecule has 190 valence electrons. The summed E-state index contributed by atoms with van der Waals surface area (Å²) in [5.41, 5.74) is 2.43. The fraction of sp³-hybridized carbons (Fsp3) is 0.462. The van der Waals surface area contributed by atoms with Gasteiger partial charge in [-0.15, -0.1) is 0 Å². The van der Waals surface area contributed by atoms with Gasteiger partial charge in [-0.1, -0.05) is 37.3 Å². The maximum Gasteiger partial charge on any atom is 0.260 e. The lowest BCUT2D eigenvalue weighted by molar-refractivity contribution is 0.0986. The van der Waals surface area contributed by atoms with Crippen LogP contribution in [0.15, 0.2) is 47.4 Å². The van der Waals surface area contributed by atoms with Crippen LogP contribution in [0.2, 0.25) is 0 Å². The zero-order chi connectivity index (χ0) is 25.6. The molecule has 0 spiro atoms. The van der Waals surface area contributed by atoms with Crippen molar-refractivity contribution < 1.29 is 13.2 Å². The van der Waals surface area contributed by atoms with Gasteiger partial charge in [-0.3, -0.25) is 9.69 Å². The van der Waals surface area contributed by atoms with E-state index in [4.69, 9.17) is 4.98 Å². The highest BCUT2D eigenvalue weighted by atomic mass is 32.2. The van der Waals surface area contributed by atoms with Crippen LogP contribution in [0, 0.1) is 6.92 Å². The van der Waals surface area contributed by atoms with Crippen LogP contribution < -0.4 is 4.90 Å². The molecule has 0 radical (unpaired) electrons. The normalized spacial score (nSPS) is 12.1. The van der Waals surface area contributed by atoms with Crippen molar-refractivity contribution in [2.45, 2.75) is 44.9 Å². The molecule has 1 heterocycles. The molecule has 35 heavy (non-hydrogen) atoms. The van der Waals surface area contributed by atoms with E-state index in [1.54, 1.807) is 29.2 Å². The number of anilines is 1. The van der Waals surface area contributed by atoms with Crippen LogP contribution in [-0.4, -0.2) is 68.8 Å². The highest BCUT2D eigenvalue weighted by molar-refractivity contribution is 7.89. The monoisotopic (exact) mass is 516 g/mol. The molecule has 2 aromatic carbocycles. The second kappa shape index (κ2) is 12.1. The van der Waals surface area contributed by atoms with Gasteiger partial charge in [0.05, 0.1) is 15.1 Å². The van der Waals surface area contributed by atoms with E-state index >= 15 is 0 Å². The number of rotatable bonds is 12. The molecule has 0 aliphatic rings. The number of thiazole rings is 1. The van der Waals surface area contributed by atoms with Gasteiger partial charge in [0.25, 0.3) is 5.91 Å². The lowest BCUT2D eigenvalue weighted by atomic mass is 10.2. The third-order valence-corrected chi connectivity index (χ3v) is 8.71. The zero-order valence-electron chi connectivity index (χ0n) is 21.3. The van der Waals surface area contributed by atoms with Crippen molar-refractivity contribution in [3.63, 3.8) is 0 Å². The standard InChI is InChI=1S/C26H36N4O3S2/c1-6-16-29(17-7-2)35(32,33)22-14-12-21(13-15-22)25(31)30(19-9-18-28(4)5)26-27-24-20(3)10-8-11-23(24)34-26/h8,10-15H,6-7,9,16-19H2,1-5H3. The molecule has 3 rings (SSSR count). The minimum atomic E-state index is -3.59. The number of nitrogens with zero attached hydrogens (tertiary/aromatic N) is 4. The fourth-order valence-corrected chi connectivity index (χ4v) is 6.64. The van der Waals surface area contributed by atoms with Crippen molar-refractivity contribution in [1.29, 1.82) is 0 Å². The smallest absolute Gasteiger partial charge is 0.260 e. The van der Waals surface area contributed by atoms with Gasteiger partial charge in [0.1, 0.15) is 0 Å². The van der Waals surface area contributed by atoms with Gasteiger partial charge in [0.2, 0.25) is 10.0 Å². The van der Waals surface area contributed by atoms with Gasteiger partial charge in [0.15, 0.2) is 5.13 Å². The Hall–Kier alpha value is -2.33. The van der Waals surface area contributed by atoms with Crippen LogP contribution in [0.3, 0.4) is 0 Å². The number of benzene rings is 2. The van der Waals surface area contributed by atoms with Crippen LogP contribution in [0.5, 0.6) is 0 Å². The van der Waals surface area contributed by atoms with Crippen molar-refractivity contribution in [2.24, 2.45) is 0 Å². The molecular weight excluding hydrogens is 480 g/mol. The molecule has 0 aliphatic carbocycles. The van der Waals surface area contributed by atoms with Gasteiger partial charge in [0, 0.05) is 25.2 Å². The lowest BCUT2D eigenvalue weighted by Crippen LogP contribution is -2.34. The van der Waals surface area contributed by atoms with Gasteiger partial charge >= 0.3 is 0 Å². The first-order valence-electron chi connectivity index (χ1n) is 12.1. The average Bonchev–Trinajstić information content (AvgIpc) is 3.26. The Kier molecular flexibility index (Phi) is 9.40. The number of hydrogen-bond acceptors (Lipinski definition) is 6. The van der Waals surface area contributed by atoms with Crippen LogP contribution in [-0.2, 0) is 10.0 Å². The molecule has 1 amide bonds. The maximum absolute atomic E-state index is 13.6. The Labute approximate surface area is 213 Å². The van der Waals surface area contributed by atoms with Gasteiger partial charge in [-0.05, 0) is 82.7 Å². The van der Waals surface area contributed by atoms with E-state index in [0.717, 1.165) is 41.6 Å². The fourth-order valence-electron chi connectivity index (χ4n) is 3.94. The summed E-state index contributed by atoms with van der Waals surface area (Å²) in [6, 6.07) is 12.3. The molecule has 0 unspecified atom stereocenters. The van der Waals surface area contributed by atoms with E-state index in [1.165, 1.54) is 15.6 Å². The first-order valence-corrected chi connectivity index (χ1v) is 14.4. The number of hydrogen-bond donors (Lipinski definition) is 0. The maximum atomic E-state index is 13.6. The quantitative estimate of drug-likeness (QED) is 0.338. The lowest BCUT2D eigenvalue weighted by Gasteiger charge is -2.22. The van der Waals surface area contributed by atoms with E-state index in [9.17, 15) is 13.2 Å². The molecule has 0 fully saturated rings. The number of aryl methyl sites for hydroxylation is 1. The molecule has 9 heteroatoms. The number of carbonyl (C=O) groups is 1. The Morgan fingerprint density at radius 2 is 1.60 bits per heavy atom. The summed E-state index contributed by atoms with van der Waals surface area (Å²) in [4.78, 5) is 22.4. The van der Waals surface area contributed by atoms with E-state index in [-0.39, 0.29) is 10.8 Å². The second-order valence-electron chi connectivity index (χ2n) is 8.96. The van der Waals surface area contributed by atoms with Crippen molar-refractivity contribution in [1.82, 2.24) is 14.2 Å². The molecule has 1 aromatic heterocycles. The molecule has 0 aliphatic heterocycles. The molecule has 0 bridgehead atoms. The first-order chi connectivity index (χ1) is 16.7. The molecule has 3 aromatic rings. The number of sulfonamides is 1. The summed E-state index contributed by atoms with van der Waals surface area (Å²) >= 11 is 1.50. The van der Waals surface area contributed by atoms with Crippen LogP contribution in [0.1, 0.15) is 49.0 Å². The van der Waals surface area contributed by atoms with Crippen LogP contribution >= 0.6 is 11.3 Å². The summed E-state index contributed by atoms with van der Waals surface area (Å²) in [6.07, 6.45) is 2.29. The first kappa shape index (κ1) is 27.3. The highest BCUT2D eigenvalue weighted by Crippen LogP contribution is 2.31. The van der Waals surface area contributed by atoms with E-state index in [0.29, 0.717) is 30.3 Å². The third kappa shape index (κ3) is 6.46. The van der Waals surface area contributed by atoms with Crippen LogP contribution in [0.4, 0.5) is 5.13 Å². The predicted octanol–water partition coefficient (Wildman–Crippen LogP) is 5.01. The van der Waals surface area contributed by atoms with Crippen LogP contribution in [0.25, 0.3) is 10.2 Å².